The van der Waals surface area contributed by atoms with Gasteiger partial charge >= 0.3 is 0 Å². The first-order valence-corrected chi connectivity index (χ1v) is 5.98. The first-order chi connectivity index (χ1) is 7.83. The van der Waals surface area contributed by atoms with Gasteiger partial charge in [-0.3, -0.25) is 0 Å². The Kier molecular flexibility index (Phi) is 3.67. The van der Waals surface area contributed by atoms with Crippen LogP contribution < -0.4 is 10.1 Å². The lowest BCUT2D eigenvalue weighted by molar-refractivity contribution is 0.314. The van der Waals surface area contributed by atoms with Gasteiger partial charge in [0.2, 0.25) is 0 Å². The highest BCUT2D eigenvalue weighted by Crippen LogP contribution is 2.36. The largest absolute Gasteiger partial charge is 0.504 e. The maximum atomic E-state index is 10.1. The second-order valence-electron chi connectivity index (χ2n) is 4.17. The molecule has 16 heavy (non-hydrogen) atoms. The Morgan fingerprint density at radius 3 is 3.06 bits per heavy atom. The van der Waals surface area contributed by atoms with E-state index in [9.17, 15) is 5.11 Å². The number of benzene rings is 1. The summed E-state index contributed by atoms with van der Waals surface area (Å²) in [6.45, 7) is 4.54. The van der Waals surface area contributed by atoms with E-state index in [1.165, 1.54) is 6.42 Å². The number of aromatic hydroxyl groups is 1. The van der Waals surface area contributed by atoms with Crippen LogP contribution in [0.25, 0.3) is 0 Å². The fourth-order valence-electron chi connectivity index (χ4n) is 2.26. The van der Waals surface area contributed by atoms with Crippen LogP contribution in [0.1, 0.15) is 31.2 Å². The third-order valence-corrected chi connectivity index (χ3v) is 3.07. The highest BCUT2D eigenvalue weighted by Gasteiger charge is 2.19. The first kappa shape index (κ1) is 11.3. The summed E-state index contributed by atoms with van der Waals surface area (Å²) in [5, 5.41) is 13.5. The van der Waals surface area contributed by atoms with Crippen molar-refractivity contribution in [2.24, 2.45) is 0 Å². The van der Waals surface area contributed by atoms with Gasteiger partial charge < -0.3 is 15.2 Å². The van der Waals surface area contributed by atoms with Crippen molar-refractivity contribution in [3.8, 4) is 11.5 Å². The molecule has 0 saturated carbocycles. The number of hydrogen-bond acceptors (Lipinski definition) is 3. The number of piperidine rings is 1. The Morgan fingerprint density at radius 2 is 2.38 bits per heavy atom. The third-order valence-electron chi connectivity index (χ3n) is 3.07. The van der Waals surface area contributed by atoms with E-state index in [-0.39, 0.29) is 0 Å². The Hall–Kier alpha value is -1.22. The number of rotatable bonds is 3. The molecule has 1 saturated heterocycles. The fourth-order valence-corrected chi connectivity index (χ4v) is 2.26. The van der Waals surface area contributed by atoms with Gasteiger partial charge in [0.15, 0.2) is 11.5 Å². The minimum absolute atomic E-state index is 0.318. The van der Waals surface area contributed by atoms with Crippen molar-refractivity contribution < 1.29 is 9.84 Å². The molecule has 2 rings (SSSR count). The van der Waals surface area contributed by atoms with E-state index in [0.29, 0.717) is 24.0 Å². The van der Waals surface area contributed by atoms with Crippen LogP contribution in [0.4, 0.5) is 0 Å². The van der Waals surface area contributed by atoms with Crippen molar-refractivity contribution in [2.45, 2.75) is 25.7 Å². The summed E-state index contributed by atoms with van der Waals surface area (Å²) < 4.78 is 5.40. The van der Waals surface area contributed by atoms with Gasteiger partial charge in [0.1, 0.15) is 0 Å². The Morgan fingerprint density at radius 1 is 1.50 bits per heavy atom. The molecule has 88 valence electrons. The number of para-hydroxylation sites is 1. The van der Waals surface area contributed by atoms with Gasteiger partial charge in [-0.15, -0.1) is 0 Å². The molecule has 3 heteroatoms. The average molecular weight is 221 g/mol. The van der Waals surface area contributed by atoms with Crippen LogP contribution in [0, 0.1) is 0 Å². The quantitative estimate of drug-likeness (QED) is 0.822. The summed E-state index contributed by atoms with van der Waals surface area (Å²) in [6.07, 6.45) is 2.30. The van der Waals surface area contributed by atoms with E-state index < -0.39 is 0 Å². The van der Waals surface area contributed by atoms with E-state index in [2.05, 4.69) is 5.32 Å². The third kappa shape index (κ3) is 2.30. The average Bonchev–Trinajstić information content (AvgIpc) is 2.33. The van der Waals surface area contributed by atoms with Gasteiger partial charge in [-0.1, -0.05) is 12.1 Å². The number of hydrogen-bond donors (Lipinski definition) is 2. The Balaban J connectivity index is 2.22. The van der Waals surface area contributed by atoms with Crippen LogP contribution in [0.2, 0.25) is 0 Å². The maximum absolute atomic E-state index is 10.1. The molecule has 1 aliphatic rings. The molecule has 0 aromatic heterocycles. The van der Waals surface area contributed by atoms with E-state index in [0.717, 1.165) is 25.1 Å². The normalized spacial score (nSPS) is 20.7. The molecule has 1 aliphatic heterocycles. The molecule has 1 heterocycles. The summed E-state index contributed by atoms with van der Waals surface area (Å²) in [4.78, 5) is 0. The van der Waals surface area contributed by atoms with Crippen molar-refractivity contribution >= 4 is 0 Å². The number of nitrogens with one attached hydrogen (secondary N) is 1. The van der Waals surface area contributed by atoms with Gasteiger partial charge in [-0.2, -0.15) is 0 Å². The predicted octanol–water partition coefficient (Wildman–Crippen LogP) is 2.26. The van der Waals surface area contributed by atoms with Gasteiger partial charge in [0, 0.05) is 18.0 Å². The van der Waals surface area contributed by atoms with E-state index >= 15 is 0 Å². The number of phenols is 1. The second-order valence-corrected chi connectivity index (χ2v) is 4.17. The molecule has 0 amide bonds. The van der Waals surface area contributed by atoms with Crippen molar-refractivity contribution in [3.05, 3.63) is 23.8 Å². The lowest BCUT2D eigenvalue weighted by Gasteiger charge is -2.24. The zero-order valence-corrected chi connectivity index (χ0v) is 9.70. The summed E-state index contributed by atoms with van der Waals surface area (Å²) >= 11 is 0. The molecule has 1 aromatic rings. The molecule has 1 fully saturated rings. The fraction of sp³-hybridized carbons (Fsp3) is 0.538. The molecule has 3 nitrogen and oxygen atoms in total. The number of ether oxygens (including phenoxy) is 1. The van der Waals surface area contributed by atoms with Crippen LogP contribution in [0.15, 0.2) is 18.2 Å². The van der Waals surface area contributed by atoms with E-state index in [4.69, 9.17) is 4.74 Å². The zero-order chi connectivity index (χ0) is 11.4. The van der Waals surface area contributed by atoms with Crippen LogP contribution in [0.3, 0.4) is 0 Å². The summed E-state index contributed by atoms with van der Waals surface area (Å²) in [7, 11) is 0. The smallest absolute Gasteiger partial charge is 0.161 e. The highest BCUT2D eigenvalue weighted by molar-refractivity contribution is 5.47. The maximum Gasteiger partial charge on any atom is 0.161 e. The van der Waals surface area contributed by atoms with Crippen molar-refractivity contribution in [3.63, 3.8) is 0 Å². The Bertz CT molecular complexity index is 346. The van der Waals surface area contributed by atoms with Gasteiger partial charge in [-0.25, -0.2) is 0 Å². The van der Waals surface area contributed by atoms with Crippen molar-refractivity contribution in [1.82, 2.24) is 5.32 Å². The molecule has 0 bridgehead atoms. The van der Waals surface area contributed by atoms with E-state index in [1.807, 2.05) is 25.1 Å². The predicted molar refractivity (Wildman–Crippen MR) is 64.1 cm³/mol. The Labute approximate surface area is 96.4 Å². The zero-order valence-electron chi connectivity index (χ0n) is 9.70. The van der Waals surface area contributed by atoms with E-state index in [1.54, 1.807) is 0 Å². The van der Waals surface area contributed by atoms with Crippen LogP contribution in [-0.4, -0.2) is 24.8 Å². The standard InChI is InChI=1S/C13H19NO2/c1-2-16-12-7-3-6-11(13(12)15)10-5-4-8-14-9-10/h3,6-7,10,14-15H,2,4-5,8-9H2,1H3. The summed E-state index contributed by atoms with van der Waals surface area (Å²) in [5.74, 6) is 1.33. The lowest BCUT2D eigenvalue weighted by Crippen LogP contribution is -2.28. The molecule has 2 N–H and O–H groups in total. The van der Waals surface area contributed by atoms with Crippen LogP contribution in [0.5, 0.6) is 11.5 Å². The minimum atomic E-state index is 0.318. The van der Waals surface area contributed by atoms with Gasteiger partial charge in [0.25, 0.3) is 0 Å². The van der Waals surface area contributed by atoms with Gasteiger partial charge in [-0.05, 0) is 32.4 Å². The van der Waals surface area contributed by atoms with Crippen molar-refractivity contribution in [2.75, 3.05) is 19.7 Å². The molecule has 1 aromatic carbocycles. The molecule has 1 atom stereocenters. The number of phenolic OH excluding ortho intramolecular Hbond substituents is 1. The molecule has 1 unspecified atom stereocenters. The first-order valence-electron chi connectivity index (χ1n) is 5.98. The highest BCUT2D eigenvalue weighted by atomic mass is 16.5. The molecule has 0 spiro atoms. The summed E-state index contributed by atoms with van der Waals surface area (Å²) in [6, 6.07) is 5.77. The SMILES string of the molecule is CCOc1cccc(C2CCCNC2)c1O. The monoisotopic (exact) mass is 221 g/mol. The summed E-state index contributed by atoms with van der Waals surface area (Å²) in [5.41, 5.74) is 1.01. The second kappa shape index (κ2) is 5.21. The molecule has 0 radical (unpaired) electrons. The molecular weight excluding hydrogens is 202 g/mol. The van der Waals surface area contributed by atoms with Gasteiger partial charge in [0.05, 0.1) is 6.61 Å². The van der Waals surface area contributed by atoms with Crippen molar-refractivity contribution in [1.29, 1.82) is 0 Å². The molecule has 0 aliphatic carbocycles. The lowest BCUT2D eigenvalue weighted by atomic mass is 9.91. The topological polar surface area (TPSA) is 41.5 Å². The van der Waals surface area contributed by atoms with Crippen LogP contribution >= 0.6 is 0 Å². The van der Waals surface area contributed by atoms with Crippen LogP contribution in [-0.2, 0) is 0 Å². The molecular formula is C13H19NO2. The minimum Gasteiger partial charge on any atom is -0.504 e.